The monoisotopic (exact) mass is 322 g/mol. The van der Waals surface area contributed by atoms with Crippen molar-refractivity contribution < 1.29 is 23.8 Å². The molecule has 0 heterocycles. The topological polar surface area (TPSA) is 61.8 Å². The minimum absolute atomic E-state index is 0.0474. The Balaban J connectivity index is 2.35. The van der Waals surface area contributed by atoms with E-state index in [1.54, 1.807) is 39.3 Å². The number of carbonyl (C=O) groups is 2. The summed E-state index contributed by atoms with van der Waals surface area (Å²) in [4.78, 5) is 23.5. The van der Waals surface area contributed by atoms with Gasteiger partial charge in [-0.15, -0.1) is 0 Å². The normalized spacial score (nSPS) is 10.2. The van der Waals surface area contributed by atoms with Gasteiger partial charge in [-0.2, -0.15) is 0 Å². The van der Waals surface area contributed by atoms with Crippen LogP contribution in [-0.4, -0.2) is 32.6 Å². The lowest BCUT2D eigenvalue weighted by Crippen LogP contribution is -2.04. The average molecular weight is 322 g/mol. The number of ketones is 1. The van der Waals surface area contributed by atoms with E-state index < -0.39 is 0 Å². The fraction of sp³-hybridized carbons (Fsp3) is 0.556. The van der Waals surface area contributed by atoms with Gasteiger partial charge in [-0.3, -0.25) is 9.59 Å². The van der Waals surface area contributed by atoms with Crippen LogP contribution in [0.25, 0.3) is 0 Å². The summed E-state index contributed by atoms with van der Waals surface area (Å²) in [7, 11) is 3.12. The number of rotatable bonds is 11. The highest BCUT2D eigenvalue weighted by molar-refractivity contribution is 5.99. The number of ether oxygens (including phenoxy) is 3. The van der Waals surface area contributed by atoms with Crippen LogP contribution in [0.15, 0.2) is 18.2 Å². The molecule has 5 nitrogen and oxygen atoms in total. The number of hydrogen-bond acceptors (Lipinski definition) is 5. The third-order valence-corrected chi connectivity index (χ3v) is 3.55. The smallest absolute Gasteiger partial charge is 0.305 e. The van der Waals surface area contributed by atoms with Crippen molar-refractivity contribution in [1.29, 1.82) is 0 Å². The molecule has 0 aromatic heterocycles. The molecule has 0 fully saturated rings. The molecule has 1 rings (SSSR count). The number of esters is 1. The predicted octanol–water partition coefficient (Wildman–Crippen LogP) is 3.79. The summed E-state index contributed by atoms with van der Waals surface area (Å²) < 4.78 is 15.3. The first-order chi connectivity index (χ1) is 11.1. The highest BCUT2D eigenvalue weighted by atomic mass is 16.5. The molecule has 1 aromatic carbocycles. The SMILES string of the molecule is CCOC(=O)CCCCCCC(=O)c1cc(OC)ccc1OC. The van der Waals surface area contributed by atoms with Gasteiger partial charge in [0, 0.05) is 12.8 Å². The maximum atomic E-state index is 12.3. The molecule has 0 amide bonds. The van der Waals surface area contributed by atoms with Crippen molar-refractivity contribution in [2.45, 2.75) is 45.4 Å². The average Bonchev–Trinajstić information content (AvgIpc) is 2.57. The van der Waals surface area contributed by atoms with Crippen LogP contribution in [0.5, 0.6) is 11.5 Å². The second-order valence-electron chi connectivity index (χ2n) is 5.21. The third kappa shape index (κ3) is 6.72. The second kappa shape index (κ2) is 10.6. The summed E-state index contributed by atoms with van der Waals surface area (Å²) in [6.07, 6.45) is 4.34. The number of Topliss-reactive ketones (excluding diaryl/α,β-unsaturated/α-hetero) is 1. The molecule has 0 N–H and O–H groups in total. The largest absolute Gasteiger partial charge is 0.497 e. The van der Waals surface area contributed by atoms with E-state index in [1.165, 1.54) is 0 Å². The van der Waals surface area contributed by atoms with Gasteiger partial charge in [0.1, 0.15) is 11.5 Å². The zero-order valence-electron chi connectivity index (χ0n) is 14.2. The van der Waals surface area contributed by atoms with Crippen molar-refractivity contribution in [2.24, 2.45) is 0 Å². The van der Waals surface area contributed by atoms with Crippen molar-refractivity contribution in [1.82, 2.24) is 0 Å². The summed E-state index contributed by atoms with van der Waals surface area (Å²) in [5, 5.41) is 0. The zero-order chi connectivity index (χ0) is 17.1. The van der Waals surface area contributed by atoms with E-state index >= 15 is 0 Å². The Morgan fingerprint density at radius 2 is 1.65 bits per heavy atom. The van der Waals surface area contributed by atoms with Crippen LogP contribution in [0.3, 0.4) is 0 Å². The van der Waals surface area contributed by atoms with Gasteiger partial charge in [0.25, 0.3) is 0 Å². The van der Waals surface area contributed by atoms with Crippen LogP contribution in [-0.2, 0) is 9.53 Å². The first-order valence-corrected chi connectivity index (χ1v) is 8.03. The predicted molar refractivity (Wildman–Crippen MR) is 88.2 cm³/mol. The van der Waals surface area contributed by atoms with Crippen LogP contribution in [0.4, 0.5) is 0 Å². The fourth-order valence-electron chi connectivity index (χ4n) is 2.31. The Kier molecular flexibility index (Phi) is 8.80. The molecular weight excluding hydrogens is 296 g/mol. The van der Waals surface area contributed by atoms with E-state index in [1.807, 2.05) is 0 Å². The lowest BCUT2D eigenvalue weighted by atomic mass is 10.0. The van der Waals surface area contributed by atoms with Crippen LogP contribution in [0.1, 0.15) is 55.8 Å². The highest BCUT2D eigenvalue weighted by Crippen LogP contribution is 2.25. The number of benzene rings is 1. The van der Waals surface area contributed by atoms with E-state index in [2.05, 4.69) is 0 Å². The van der Waals surface area contributed by atoms with Gasteiger partial charge >= 0.3 is 5.97 Å². The Hall–Kier alpha value is -2.04. The molecule has 0 radical (unpaired) electrons. The van der Waals surface area contributed by atoms with Gasteiger partial charge in [0.2, 0.25) is 0 Å². The molecule has 0 atom stereocenters. The van der Waals surface area contributed by atoms with Crippen LogP contribution >= 0.6 is 0 Å². The van der Waals surface area contributed by atoms with Gasteiger partial charge in [-0.25, -0.2) is 0 Å². The number of carbonyl (C=O) groups excluding carboxylic acids is 2. The van der Waals surface area contributed by atoms with E-state index in [0.29, 0.717) is 36.5 Å². The molecule has 1 aromatic rings. The van der Waals surface area contributed by atoms with Gasteiger partial charge in [-0.05, 0) is 38.0 Å². The summed E-state index contributed by atoms with van der Waals surface area (Å²) in [6.45, 7) is 2.23. The van der Waals surface area contributed by atoms with Gasteiger partial charge in [0.05, 0.1) is 26.4 Å². The van der Waals surface area contributed by atoms with Crippen molar-refractivity contribution in [3.63, 3.8) is 0 Å². The van der Waals surface area contributed by atoms with Gasteiger partial charge in [-0.1, -0.05) is 12.8 Å². The van der Waals surface area contributed by atoms with Crippen LogP contribution in [0, 0.1) is 0 Å². The molecule has 128 valence electrons. The molecule has 0 aliphatic heterocycles. The summed E-state index contributed by atoms with van der Waals surface area (Å²) in [5.74, 6) is 1.11. The van der Waals surface area contributed by atoms with E-state index in [0.717, 1.165) is 25.7 Å². The summed E-state index contributed by atoms with van der Waals surface area (Å²) in [5.41, 5.74) is 0.554. The van der Waals surface area contributed by atoms with E-state index in [4.69, 9.17) is 14.2 Å². The van der Waals surface area contributed by atoms with Crippen molar-refractivity contribution >= 4 is 11.8 Å². The number of hydrogen-bond donors (Lipinski definition) is 0. The zero-order valence-corrected chi connectivity index (χ0v) is 14.2. The minimum atomic E-state index is -0.148. The summed E-state index contributed by atoms with van der Waals surface area (Å²) in [6, 6.07) is 5.22. The summed E-state index contributed by atoms with van der Waals surface area (Å²) >= 11 is 0. The molecule has 0 unspecified atom stereocenters. The van der Waals surface area contributed by atoms with Gasteiger partial charge in [0.15, 0.2) is 5.78 Å². The lowest BCUT2D eigenvalue weighted by molar-refractivity contribution is -0.143. The van der Waals surface area contributed by atoms with Crippen LogP contribution in [0.2, 0.25) is 0 Å². The van der Waals surface area contributed by atoms with E-state index in [9.17, 15) is 9.59 Å². The Labute approximate surface area is 137 Å². The maximum Gasteiger partial charge on any atom is 0.305 e. The quantitative estimate of drug-likeness (QED) is 0.352. The molecule has 0 spiro atoms. The third-order valence-electron chi connectivity index (χ3n) is 3.55. The second-order valence-corrected chi connectivity index (χ2v) is 5.21. The van der Waals surface area contributed by atoms with Gasteiger partial charge < -0.3 is 14.2 Å². The van der Waals surface area contributed by atoms with Crippen LogP contribution < -0.4 is 9.47 Å². The molecule has 0 aliphatic rings. The Morgan fingerprint density at radius 3 is 2.26 bits per heavy atom. The molecule has 0 bridgehead atoms. The van der Waals surface area contributed by atoms with Crippen molar-refractivity contribution in [3.05, 3.63) is 23.8 Å². The molecular formula is C18H26O5. The highest BCUT2D eigenvalue weighted by Gasteiger charge is 2.13. The number of methoxy groups -OCH3 is 2. The first-order valence-electron chi connectivity index (χ1n) is 8.03. The van der Waals surface area contributed by atoms with Crippen molar-refractivity contribution in [3.8, 4) is 11.5 Å². The maximum absolute atomic E-state index is 12.3. The van der Waals surface area contributed by atoms with E-state index in [-0.39, 0.29) is 11.8 Å². The minimum Gasteiger partial charge on any atom is -0.497 e. The number of unbranched alkanes of at least 4 members (excludes halogenated alkanes) is 3. The lowest BCUT2D eigenvalue weighted by Gasteiger charge is -2.09. The molecule has 23 heavy (non-hydrogen) atoms. The first kappa shape index (κ1) is 19.0. The molecule has 0 saturated heterocycles. The Bertz CT molecular complexity index is 510. The molecule has 0 saturated carbocycles. The van der Waals surface area contributed by atoms with Crippen molar-refractivity contribution in [2.75, 3.05) is 20.8 Å². The fourth-order valence-corrected chi connectivity index (χ4v) is 2.31. The molecule has 5 heteroatoms. The Morgan fingerprint density at radius 1 is 0.957 bits per heavy atom. The molecule has 0 aliphatic carbocycles. The standard InChI is InChI=1S/C18H26O5/c1-4-23-18(20)10-8-6-5-7-9-16(19)15-13-14(21-2)11-12-17(15)22-3/h11-13H,4-10H2,1-3H3.